The van der Waals surface area contributed by atoms with Crippen LogP contribution in [0.5, 0.6) is 0 Å². The van der Waals surface area contributed by atoms with Crippen LogP contribution in [0.1, 0.15) is 24.1 Å². The third kappa shape index (κ3) is 3.55. The van der Waals surface area contributed by atoms with Crippen LogP contribution in [0.2, 0.25) is 5.02 Å². The molecule has 1 fully saturated rings. The Morgan fingerprint density at radius 3 is 3.05 bits per heavy atom. The van der Waals surface area contributed by atoms with Crippen molar-refractivity contribution < 1.29 is 4.39 Å². The highest BCUT2D eigenvalue weighted by Crippen LogP contribution is 2.27. The Hall–Kier alpha value is -1.46. The van der Waals surface area contributed by atoms with Crippen molar-refractivity contribution in [3.05, 3.63) is 46.5 Å². The number of halogens is 2. The van der Waals surface area contributed by atoms with E-state index in [4.69, 9.17) is 11.6 Å². The van der Waals surface area contributed by atoms with Crippen molar-refractivity contribution in [1.29, 1.82) is 0 Å². The summed E-state index contributed by atoms with van der Waals surface area (Å²) in [7, 11) is 0. The lowest BCUT2D eigenvalue weighted by molar-refractivity contribution is 0.577. The van der Waals surface area contributed by atoms with Crippen LogP contribution in [-0.2, 0) is 13.1 Å². The van der Waals surface area contributed by atoms with Gasteiger partial charge in [-0.2, -0.15) is 0 Å². The maximum Gasteiger partial charge on any atom is 0.128 e. The molecule has 1 heterocycles. The van der Waals surface area contributed by atoms with E-state index in [2.05, 4.69) is 15.6 Å². The molecule has 0 spiro atoms. The average Bonchev–Trinajstić information content (AvgIpc) is 3.14. The third-order valence-corrected chi connectivity index (χ3v) is 3.60. The Morgan fingerprint density at radius 2 is 2.25 bits per heavy atom. The zero-order valence-electron chi connectivity index (χ0n) is 11.0. The SMILES string of the molecule is Fc1ccc(Cl)cc1Cn1cc(CNCC2CC2)nn1. The van der Waals surface area contributed by atoms with E-state index in [1.807, 2.05) is 6.20 Å². The van der Waals surface area contributed by atoms with Crippen molar-refractivity contribution in [2.75, 3.05) is 6.54 Å². The molecule has 4 nitrogen and oxygen atoms in total. The Bertz CT molecular complexity index is 595. The summed E-state index contributed by atoms with van der Waals surface area (Å²) in [5.74, 6) is 0.559. The largest absolute Gasteiger partial charge is 0.311 e. The van der Waals surface area contributed by atoms with Gasteiger partial charge < -0.3 is 5.32 Å². The van der Waals surface area contributed by atoms with Crippen LogP contribution < -0.4 is 5.32 Å². The zero-order chi connectivity index (χ0) is 13.9. The summed E-state index contributed by atoms with van der Waals surface area (Å²) < 4.78 is 15.3. The minimum atomic E-state index is -0.279. The Balaban J connectivity index is 1.59. The number of nitrogens with one attached hydrogen (secondary N) is 1. The van der Waals surface area contributed by atoms with E-state index in [1.165, 1.54) is 25.0 Å². The van der Waals surface area contributed by atoms with Crippen molar-refractivity contribution in [2.24, 2.45) is 5.92 Å². The van der Waals surface area contributed by atoms with Crippen LogP contribution in [0.15, 0.2) is 24.4 Å². The number of hydrogen-bond donors (Lipinski definition) is 1. The minimum absolute atomic E-state index is 0.279. The van der Waals surface area contributed by atoms with Crippen molar-refractivity contribution in [3.8, 4) is 0 Å². The van der Waals surface area contributed by atoms with E-state index < -0.39 is 0 Å². The monoisotopic (exact) mass is 294 g/mol. The highest BCUT2D eigenvalue weighted by atomic mass is 35.5. The van der Waals surface area contributed by atoms with E-state index in [0.29, 0.717) is 23.7 Å². The molecular formula is C14H16ClFN4. The molecule has 0 atom stereocenters. The number of rotatable bonds is 6. The van der Waals surface area contributed by atoms with E-state index in [0.717, 1.165) is 18.2 Å². The molecule has 0 unspecified atom stereocenters. The predicted molar refractivity (Wildman–Crippen MR) is 75.0 cm³/mol. The van der Waals surface area contributed by atoms with Gasteiger partial charge in [0.25, 0.3) is 0 Å². The molecule has 0 aliphatic heterocycles. The van der Waals surface area contributed by atoms with Gasteiger partial charge in [-0.1, -0.05) is 16.8 Å². The fraction of sp³-hybridized carbons (Fsp3) is 0.429. The normalized spacial score (nSPS) is 14.7. The lowest BCUT2D eigenvalue weighted by Gasteiger charge is -2.03. The number of benzene rings is 1. The first-order valence-electron chi connectivity index (χ1n) is 6.74. The van der Waals surface area contributed by atoms with Gasteiger partial charge in [0.1, 0.15) is 5.82 Å². The number of aromatic nitrogens is 3. The molecule has 3 rings (SSSR count). The maximum absolute atomic E-state index is 13.6. The van der Waals surface area contributed by atoms with Gasteiger partial charge in [-0.25, -0.2) is 9.07 Å². The van der Waals surface area contributed by atoms with Crippen LogP contribution in [0.3, 0.4) is 0 Å². The average molecular weight is 295 g/mol. The first-order valence-corrected chi connectivity index (χ1v) is 7.12. The lowest BCUT2D eigenvalue weighted by Crippen LogP contribution is -2.16. The van der Waals surface area contributed by atoms with Gasteiger partial charge >= 0.3 is 0 Å². The summed E-state index contributed by atoms with van der Waals surface area (Å²) in [5, 5.41) is 12.0. The molecule has 1 aliphatic carbocycles. The minimum Gasteiger partial charge on any atom is -0.311 e. The molecular weight excluding hydrogens is 279 g/mol. The zero-order valence-corrected chi connectivity index (χ0v) is 11.8. The summed E-state index contributed by atoms with van der Waals surface area (Å²) in [6.45, 7) is 2.08. The molecule has 2 aromatic rings. The topological polar surface area (TPSA) is 42.7 Å². The highest BCUT2D eigenvalue weighted by molar-refractivity contribution is 6.30. The fourth-order valence-corrected chi connectivity index (χ4v) is 2.26. The molecule has 1 aromatic carbocycles. The lowest BCUT2D eigenvalue weighted by atomic mass is 10.2. The van der Waals surface area contributed by atoms with Crippen LogP contribution in [-0.4, -0.2) is 21.5 Å². The predicted octanol–water partition coefficient (Wildman–Crippen LogP) is 2.62. The standard InChI is InChI=1S/C14H16ClFN4/c15-12-3-4-14(16)11(5-12)8-20-9-13(18-19-20)7-17-6-10-1-2-10/h3-5,9-10,17H,1-2,6-8H2. The van der Waals surface area contributed by atoms with Gasteiger partial charge in [0, 0.05) is 17.1 Å². The van der Waals surface area contributed by atoms with Gasteiger partial charge in [-0.05, 0) is 43.5 Å². The molecule has 6 heteroatoms. The quantitative estimate of drug-likeness (QED) is 0.890. The van der Waals surface area contributed by atoms with Gasteiger partial charge in [-0.3, -0.25) is 0 Å². The Labute approximate surface area is 121 Å². The first kappa shape index (κ1) is 13.5. The summed E-state index contributed by atoms with van der Waals surface area (Å²) in [6, 6.07) is 4.52. The second kappa shape index (κ2) is 5.89. The molecule has 1 aliphatic rings. The molecule has 0 saturated heterocycles. The van der Waals surface area contributed by atoms with E-state index in [1.54, 1.807) is 10.7 Å². The molecule has 1 saturated carbocycles. The van der Waals surface area contributed by atoms with Crippen LogP contribution in [0.4, 0.5) is 4.39 Å². The Kier molecular flexibility index (Phi) is 3.98. The van der Waals surface area contributed by atoms with Crippen LogP contribution in [0.25, 0.3) is 0 Å². The van der Waals surface area contributed by atoms with Gasteiger partial charge in [0.05, 0.1) is 18.4 Å². The van der Waals surface area contributed by atoms with Crippen LogP contribution >= 0.6 is 11.6 Å². The van der Waals surface area contributed by atoms with Gasteiger partial charge in [0.15, 0.2) is 0 Å². The second-order valence-corrected chi connectivity index (χ2v) is 5.65. The van der Waals surface area contributed by atoms with Crippen molar-refractivity contribution >= 4 is 11.6 Å². The second-order valence-electron chi connectivity index (χ2n) is 5.22. The van der Waals surface area contributed by atoms with E-state index in [9.17, 15) is 4.39 Å². The highest BCUT2D eigenvalue weighted by Gasteiger charge is 2.20. The number of nitrogens with zero attached hydrogens (tertiary/aromatic N) is 3. The molecule has 0 radical (unpaired) electrons. The summed E-state index contributed by atoms with van der Waals surface area (Å²) >= 11 is 5.87. The number of hydrogen-bond acceptors (Lipinski definition) is 3. The molecule has 1 N–H and O–H groups in total. The maximum atomic E-state index is 13.6. The van der Waals surface area contributed by atoms with Crippen molar-refractivity contribution in [2.45, 2.75) is 25.9 Å². The molecule has 1 aromatic heterocycles. The molecule has 0 bridgehead atoms. The van der Waals surface area contributed by atoms with Crippen LogP contribution in [0, 0.1) is 11.7 Å². The summed E-state index contributed by atoms with van der Waals surface area (Å²) in [4.78, 5) is 0. The van der Waals surface area contributed by atoms with Gasteiger partial charge in [-0.15, -0.1) is 5.10 Å². The summed E-state index contributed by atoms with van der Waals surface area (Å²) in [5.41, 5.74) is 1.38. The van der Waals surface area contributed by atoms with Crippen molar-refractivity contribution in [1.82, 2.24) is 20.3 Å². The molecule has 106 valence electrons. The smallest absolute Gasteiger partial charge is 0.128 e. The van der Waals surface area contributed by atoms with E-state index >= 15 is 0 Å². The fourth-order valence-electron chi connectivity index (χ4n) is 2.06. The molecule has 0 amide bonds. The third-order valence-electron chi connectivity index (χ3n) is 3.36. The first-order chi connectivity index (χ1) is 9.70. The molecule has 20 heavy (non-hydrogen) atoms. The Morgan fingerprint density at radius 1 is 1.40 bits per heavy atom. The van der Waals surface area contributed by atoms with Crippen molar-refractivity contribution in [3.63, 3.8) is 0 Å². The van der Waals surface area contributed by atoms with Gasteiger partial charge in [0.2, 0.25) is 0 Å². The summed E-state index contributed by atoms with van der Waals surface area (Å²) in [6.07, 6.45) is 4.49. The van der Waals surface area contributed by atoms with E-state index in [-0.39, 0.29) is 5.82 Å².